The van der Waals surface area contributed by atoms with Crippen molar-refractivity contribution >= 4 is 27.8 Å². The lowest BCUT2D eigenvalue weighted by Gasteiger charge is -1.99. The van der Waals surface area contributed by atoms with Gasteiger partial charge in [-0.1, -0.05) is 0 Å². The first-order valence-corrected chi connectivity index (χ1v) is 5.71. The predicted octanol–water partition coefficient (Wildman–Crippen LogP) is 2.26. The third-order valence-corrected chi connectivity index (χ3v) is 2.52. The standard InChI is InChI=1S/C11H8BrNO5/c12-9-4-3-7(18-9)10(14)13-5-6-1-2-8(17-6)11(15)16/h1-4H,5H2,(H,13,14)(H,15,16). The van der Waals surface area contributed by atoms with Crippen LogP contribution in [0.2, 0.25) is 0 Å². The van der Waals surface area contributed by atoms with Crippen molar-refractivity contribution in [1.82, 2.24) is 5.32 Å². The molecule has 2 heterocycles. The molecule has 0 unspecified atom stereocenters. The number of carbonyl (C=O) groups excluding carboxylic acids is 1. The molecule has 2 aromatic heterocycles. The van der Waals surface area contributed by atoms with Crippen LogP contribution in [0.25, 0.3) is 0 Å². The SMILES string of the molecule is O=C(O)c1ccc(CNC(=O)c2ccc(Br)o2)o1. The van der Waals surface area contributed by atoms with Crippen molar-refractivity contribution in [3.8, 4) is 0 Å². The number of halogens is 1. The lowest BCUT2D eigenvalue weighted by molar-refractivity contribution is 0.0660. The van der Waals surface area contributed by atoms with E-state index < -0.39 is 11.9 Å². The molecule has 0 aliphatic rings. The van der Waals surface area contributed by atoms with Gasteiger partial charge in [-0.3, -0.25) is 4.79 Å². The van der Waals surface area contributed by atoms with Crippen LogP contribution in [-0.2, 0) is 6.54 Å². The molecule has 2 N–H and O–H groups in total. The second-order valence-corrected chi connectivity index (χ2v) is 4.14. The Kier molecular flexibility index (Phi) is 3.52. The Hall–Kier alpha value is -2.02. The summed E-state index contributed by atoms with van der Waals surface area (Å²) in [6, 6.07) is 5.93. The van der Waals surface area contributed by atoms with Gasteiger partial charge < -0.3 is 19.3 Å². The van der Waals surface area contributed by atoms with Crippen LogP contribution in [0.5, 0.6) is 0 Å². The Morgan fingerprint density at radius 3 is 2.44 bits per heavy atom. The number of carboxylic acids is 1. The van der Waals surface area contributed by atoms with E-state index in [-0.39, 0.29) is 18.1 Å². The molecule has 18 heavy (non-hydrogen) atoms. The number of rotatable bonds is 4. The summed E-state index contributed by atoms with van der Waals surface area (Å²) in [4.78, 5) is 22.2. The predicted molar refractivity (Wildman–Crippen MR) is 63.2 cm³/mol. The number of amides is 1. The molecule has 0 aliphatic heterocycles. The van der Waals surface area contributed by atoms with Gasteiger partial charge in [0, 0.05) is 0 Å². The van der Waals surface area contributed by atoms with E-state index in [0.29, 0.717) is 10.4 Å². The lowest BCUT2D eigenvalue weighted by Crippen LogP contribution is -2.21. The molecule has 0 aromatic carbocycles. The molecule has 2 aromatic rings. The fourth-order valence-corrected chi connectivity index (χ4v) is 1.59. The molecule has 2 rings (SSSR count). The summed E-state index contributed by atoms with van der Waals surface area (Å²) in [5.41, 5.74) is 0. The lowest BCUT2D eigenvalue weighted by atomic mass is 10.4. The Bertz CT molecular complexity index is 586. The van der Waals surface area contributed by atoms with Gasteiger partial charge in [-0.25, -0.2) is 4.79 Å². The van der Waals surface area contributed by atoms with Gasteiger partial charge in [0.05, 0.1) is 6.54 Å². The summed E-state index contributed by atoms with van der Waals surface area (Å²) >= 11 is 3.09. The van der Waals surface area contributed by atoms with Crippen LogP contribution < -0.4 is 5.32 Å². The van der Waals surface area contributed by atoms with E-state index in [1.807, 2.05) is 0 Å². The Morgan fingerprint density at radius 2 is 1.89 bits per heavy atom. The van der Waals surface area contributed by atoms with Crippen molar-refractivity contribution in [2.45, 2.75) is 6.54 Å². The van der Waals surface area contributed by atoms with Gasteiger partial charge in [-0.2, -0.15) is 0 Å². The highest BCUT2D eigenvalue weighted by Gasteiger charge is 2.12. The largest absolute Gasteiger partial charge is 0.475 e. The van der Waals surface area contributed by atoms with Crippen molar-refractivity contribution in [1.29, 1.82) is 0 Å². The van der Waals surface area contributed by atoms with E-state index in [1.54, 1.807) is 6.07 Å². The minimum Gasteiger partial charge on any atom is -0.475 e. The van der Waals surface area contributed by atoms with Crippen molar-refractivity contribution in [2.24, 2.45) is 0 Å². The first-order chi connectivity index (χ1) is 8.56. The van der Waals surface area contributed by atoms with Crippen LogP contribution >= 0.6 is 15.9 Å². The first kappa shape index (κ1) is 12.4. The maximum absolute atomic E-state index is 11.6. The molecule has 7 heteroatoms. The monoisotopic (exact) mass is 313 g/mol. The zero-order chi connectivity index (χ0) is 13.1. The number of aromatic carboxylic acids is 1. The van der Waals surface area contributed by atoms with E-state index in [4.69, 9.17) is 13.9 Å². The van der Waals surface area contributed by atoms with E-state index >= 15 is 0 Å². The van der Waals surface area contributed by atoms with E-state index in [1.165, 1.54) is 18.2 Å². The number of hydrogen-bond donors (Lipinski definition) is 2. The van der Waals surface area contributed by atoms with Gasteiger partial charge in [0.15, 0.2) is 10.4 Å². The van der Waals surface area contributed by atoms with Crippen LogP contribution in [-0.4, -0.2) is 17.0 Å². The van der Waals surface area contributed by atoms with Crippen molar-refractivity contribution in [3.63, 3.8) is 0 Å². The quantitative estimate of drug-likeness (QED) is 0.903. The summed E-state index contributed by atoms with van der Waals surface area (Å²) < 4.78 is 10.5. The number of carboxylic acid groups (broad SMARTS) is 1. The minimum absolute atomic E-state index is 0.0877. The van der Waals surface area contributed by atoms with Crippen LogP contribution in [0.4, 0.5) is 0 Å². The highest BCUT2D eigenvalue weighted by molar-refractivity contribution is 9.10. The normalized spacial score (nSPS) is 10.3. The highest BCUT2D eigenvalue weighted by atomic mass is 79.9. The van der Waals surface area contributed by atoms with Crippen LogP contribution in [0.1, 0.15) is 26.9 Å². The average Bonchev–Trinajstić information content (AvgIpc) is 2.94. The summed E-state index contributed by atoms with van der Waals surface area (Å²) in [5, 5.41) is 11.2. The Balaban J connectivity index is 1.95. The molecule has 0 aliphatic carbocycles. The number of furan rings is 2. The molecule has 0 saturated heterocycles. The Labute approximate surface area is 110 Å². The molecule has 1 amide bonds. The Morgan fingerprint density at radius 1 is 1.17 bits per heavy atom. The zero-order valence-corrected chi connectivity index (χ0v) is 10.6. The summed E-state index contributed by atoms with van der Waals surface area (Å²) in [6.07, 6.45) is 0. The van der Waals surface area contributed by atoms with Crippen LogP contribution in [0, 0.1) is 0 Å². The molecule has 0 saturated carbocycles. The maximum atomic E-state index is 11.6. The number of nitrogens with one attached hydrogen (secondary N) is 1. The van der Waals surface area contributed by atoms with Gasteiger partial charge >= 0.3 is 5.97 Å². The third kappa shape index (κ3) is 2.80. The second-order valence-electron chi connectivity index (χ2n) is 3.36. The molecule has 0 bridgehead atoms. The molecular formula is C11H8BrNO5. The maximum Gasteiger partial charge on any atom is 0.371 e. The number of hydrogen-bond acceptors (Lipinski definition) is 4. The number of carbonyl (C=O) groups is 2. The van der Waals surface area contributed by atoms with Crippen LogP contribution in [0.3, 0.4) is 0 Å². The van der Waals surface area contributed by atoms with Gasteiger partial charge in [-0.05, 0) is 40.2 Å². The van der Waals surface area contributed by atoms with Crippen molar-refractivity contribution < 1.29 is 23.5 Å². The van der Waals surface area contributed by atoms with Gasteiger partial charge in [-0.15, -0.1) is 0 Å². The van der Waals surface area contributed by atoms with Gasteiger partial charge in [0.25, 0.3) is 5.91 Å². The average molecular weight is 314 g/mol. The summed E-state index contributed by atoms with van der Waals surface area (Å²) in [6.45, 7) is 0.0877. The van der Waals surface area contributed by atoms with E-state index in [9.17, 15) is 9.59 Å². The molecule has 94 valence electrons. The van der Waals surface area contributed by atoms with Gasteiger partial charge in [0.1, 0.15) is 5.76 Å². The minimum atomic E-state index is -1.15. The van der Waals surface area contributed by atoms with Crippen molar-refractivity contribution in [3.05, 3.63) is 46.2 Å². The molecular weight excluding hydrogens is 306 g/mol. The highest BCUT2D eigenvalue weighted by Crippen LogP contribution is 2.14. The van der Waals surface area contributed by atoms with Crippen LogP contribution in [0.15, 0.2) is 37.8 Å². The molecule has 6 nitrogen and oxygen atoms in total. The molecule has 0 fully saturated rings. The molecule has 0 radical (unpaired) electrons. The molecule has 0 atom stereocenters. The fraction of sp³-hybridized carbons (Fsp3) is 0.0909. The second kappa shape index (κ2) is 5.09. The topological polar surface area (TPSA) is 92.7 Å². The van der Waals surface area contributed by atoms with E-state index in [0.717, 1.165) is 0 Å². The third-order valence-electron chi connectivity index (χ3n) is 2.09. The molecule has 0 spiro atoms. The smallest absolute Gasteiger partial charge is 0.371 e. The van der Waals surface area contributed by atoms with Crippen molar-refractivity contribution in [2.75, 3.05) is 0 Å². The summed E-state index contributed by atoms with van der Waals surface area (Å²) in [7, 11) is 0. The first-order valence-electron chi connectivity index (χ1n) is 4.92. The van der Waals surface area contributed by atoms with E-state index in [2.05, 4.69) is 21.2 Å². The fourth-order valence-electron chi connectivity index (χ4n) is 1.28. The zero-order valence-electron chi connectivity index (χ0n) is 8.97. The van der Waals surface area contributed by atoms with Gasteiger partial charge in [0.2, 0.25) is 5.76 Å². The summed E-state index contributed by atoms with van der Waals surface area (Å²) in [5.74, 6) is -1.21.